The van der Waals surface area contributed by atoms with Gasteiger partial charge in [-0.25, -0.2) is 0 Å². The summed E-state index contributed by atoms with van der Waals surface area (Å²) in [5.74, 6) is 0.191. The summed E-state index contributed by atoms with van der Waals surface area (Å²) < 4.78 is 3.32. The molecule has 0 aliphatic carbocycles. The van der Waals surface area contributed by atoms with Gasteiger partial charge in [0.15, 0.2) is 0 Å². The van der Waals surface area contributed by atoms with E-state index in [2.05, 4.69) is 82.3 Å². The summed E-state index contributed by atoms with van der Waals surface area (Å²) in [4.78, 5) is 14.7. The third-order valence-corrected chi connectivity index (χ3v) is 5.19. The minimum Gasteiger partial charge on any atom is -0.345 e. The molecule has 5 heteroatoms. The Bertz CT molecular complexity index is 681. The molecule has 0 atom stereocenters. The van der Waals surface area contributed by atoms with Crippen molar-refractivity contribution in [1.82, 2.24) is 14.8 Å². The van der Waals surface area contributed by atoms with Crippen LogP contribution in [-0.2, 0) is 17.9 Å². The van der Waals surface area contributed by atoms with E-state index in [1.807, 2.05) is 4.90 Å². The molecule has 27 heavy (non-hydrogen) atoms. The molecule has 0 fully saturated rings. The van der Waals surface area contributed by atoms with Gasteiger partial charge in [0.05, 0.1) is 13.1 Å². The first kappa shape index (κ1) is 21.7. The Morgan fingerprint density at radius 1 is 1.11 bits per heavy atom. The average Bonchev–Trinajstić information content (AvgIpc) is 3.10. The number of rotatable bonds is 12. The topological polar surface area (TPSA) is 37.3 Å². The quantitative estimate of drug-likeness (QED) is 0.487. The maximum atomic E-state index is 12.7. The van der Waals surface area contributed by atoms with E-state index < -0.39 is 0 Å². The van der Waals surface area contributed by atoms with Crippen LogP contribution in [0.25, 0.3) is 0 Å². The van der Waals surface area contributed by atoms with Crippen molar-refractivity contribution in [3.05, 3.63) is 58.3 Å². The number of carbonyl (C=O) groups excluding carboxylic acids is 1. The van der Waals surface area contributed by atoms with Gasteiger partial charge in [0.1, 0.15) is 0 Å². The molecule has 1 N–H and O–H groups in total. The van der Waals surface area contributed by atoms with E-state index >= 15 is 0 Å². The van der Waals surface area contributed by atoms with E-state index in [-0.39, 0.29) is 5.91 Å². The molecule has 2 rings (SSSR count). The predicted octanol–water partition coefficient (Wildman–Crippen LogP) is 4.82. The maximum Gasteiger partial charge on any atom is 0.236 e. The number of amides is 1. The minimum absolute atomic E-state index is 0.191. The molecule has 2 aromatic rings. The molecule has 0 aliphatic heterocycles. The third kappa shape index (κ3) is 7.51. The number of benzene rings is 1. The molecule has 1 amide bonds. The number of hydrogen-bond acceptors (Lipinski definition) is 2. The van der Waals surface area contributed by atoms with Gasteiger partial charge in [0.25, 0.3) is 0 Å². The van der Waals surface area contributed by atoms with Crippen molar-refractivity contribution in [3.8, 4) is 0 Å². The normalized spacial score (nSPS) is 10.9. The van der Waals surface area contributed by atoms with Crippen molar-refractivity contribution < 1.29 is 4.79 Å². The lowest BCUT2D eigenvalue weighted by molar-refractivity contribution is -0.131. The summed E-state index contributed by atoms with van der Waals surface area (Å²) in [6.45, 7) is 7.96. The fourth-order valence-corrected chi connectivity index (χ4v) is 3.24. The van der Waals surface area contributed by atoms with E-state index in [0.29, 0.717) is 13.1 Å². The van der Waals surface area contributed by atoms with Crippen molar-refractivity contribution in [2.24, 2.45) is 0 Å². The SMILES string of the molecule is CCCCNCC(=O)N(CCCC)Cc1cccn1Cc1ccc(Br)cc1. The van der Waals surface area contributed by atoms with E-state index in [9.17, 15) is 4.79 Å². The molecule has 0 aliphatic rings. The van der Waals surface area contributed by atoms with Crippen LogP contribution in [0.4, 0.5) is 0 Å². The smallest absolute Gasteiger partial charge is 0.236 e. The first-order valence-electron chi connectivity index (χ1n) is 10.0. The number of unbranched alkanes of at least 4 members (excludes halogenated alkanes) is 2. The van der Waals surface area contributed by atoms with Gasteiger partial charge in [-0.1, -0.05) is 54.8 Å². The Hall–Kier alpha value is -1.59. The van der Waals surface area contributed by atoms with Crippen molar-refractivity contribution in [1.29, 1.82) is 0 Å². The molecule has 0 radical (unpaired) electrons. The first-order valence-corrected chi connectivity index (χ1v) is 10.8. The lowest BCUT2D eigenvalue weighted by atomic mass is 10.2. The van der Waals surface area contributed by atoms with Crippen molar-refractivity contribution in [3.63, 3.8) is 0 Å². The largest absolute Gasteiger partial charge is 0.345 e. The van der Waals surface area contributed by atoms with Crippen LogP contribution in [0.5, 0.6) is 0 Å². The molecular formula is C22H32BrN3O. The number of halogens is 1. The summed E-state index contributed by atoms with van der Waals surface area (Å²) in [7, 11) is 0. The summed E-state index contributed by atoms with van der Waals surface area (Å²) >= 11 is 3.48. The Morgan fingerprint density at radius 3 is 2.56 bits per heavy atom. The molecule has 1 aromatic heterocycles. The first-order chi connectivity index (χ1) is 13.1. The monoisotopic (exact) mass is 433 g/mol. The van der Waals surface area contributed by atoms with Crippen LogP contribution in [0, 0.1) is 0 Å². The van der Waals surface area contributed by atoms with Gasteiger partial charge in [-0.05, 0) is 49.2 Å². The van der Waals surface area contributed by atoms with Crippen LogP contribution < -0.4 is 5.32 Å². The van der Waals surface area contributed by atoms with Gasteiger partial charge < -0.3 is 14.8 Å². The van der Waals surface area contributed by atoms with Crippen molar-refractivity contribution in [2.75, 3.05) is 19.6 Å². The molecule has 4 nitrogen and oxygen atoms in total. The van der Waals surface area contributed by atoms with E-state index in [4.69, 9.17) is 0 Å². The Morgan fingerprint density at radius 2 is 1.85 bits per heavy atom. The maximum absolute atomic E-state index is 12.7. The van der Waals surface area contributed by atoms with Gasteiger partial charge in [0, 0.05) is 29.5 Å². The second-order valence-electron chi connectivity index (χ2n) is 6.95. The zero-order valence-corrected chi connectivity index (χ0v) is 18.2. The molecule has 0 unspecified atom stereocenters. The number of nitrogens with one attached hydrogen (secondary N) is 1. The molecule has 1 aromatic carbocycles. The van der Waals surface area contributed by atoms with Crippen LogP contribution >= 0.6 is 15.9 Å². The Balaban J connectivity index is 2.00. The van der Waals surface area contributed by atoms with E-state index in [1.54, 1.807) is 0 Å². The molecule has 0 saturated heterocycles. The summed E-state index contributed by atoms with van der Waals surface area (Å²) in [6.07, 6.45) is 6.48. The van der Waals surface area contributed by atoms with Crippen molar-refractivity contribution in [2.45, 2.75) is 52.6 Å². The number of aromatic nitrogens is 1. The highest BCUT2D eigenvalue weighted by molar-refractivity contribution is 9.10. The summed E-state index contributed by atoms with van der Waals surface area (Å²) in [6, 6.07) is 12.6. The number of nitrogens with zero attached hydrogens (tertiary/aromatic N) is 2. The van der Waals surface area contributed by atoms with Gasteiger partial charge >= 0.3 is 0 Å². The third-order valence-electron chi connectivity index (χ3n) is 4.66. The molecule has 1 heterocycles. The van der Waals surface area contributed by atoms with Gasteiger partial charge in [-0.15, -0.1) is 0 Å². The fourth-order valence-electron chi connectivity index (χ4n) is 2.98. The summed E-state index contributed by atoms with van der Waals surface area (Å²) in [5.41, 5.74) is 2.43. The van der Waals surface area contributed by atoms with Crippen LogP contribution in [0.1, 0.15) is 50.8 Å². The number of hydrogen-bond donors (Lipinski definition) is 1. The van der Waals surface area contributed by atoms with E-state index in [0.717, 1.165) is 49.8 Å². The van der Waals surface area contributed by atoms with Gasteiger partial charge in [-0.2, -0.15) is 0 Å². The lowest BCUT2D eigenvalue weighted by Gasteiger charge is -2.24. The predicted molar refractivity (Wildman–Crippen MR) is 116 cm³/mol. The molecule has 148 valence electrons. The Kier molecular flexibility index (Phi) is 9.64. The van der Waals surface area contributed by atoms with Crippen molar-refractivity contribution >= 4 is 21.8 Å². The molecular weight excluding hydrogens is 402 g/mol. The lowest BCUT2D eigenvalue weighted by Crippen LogP contribution is -2.39. The number of carbonyl (C=O) groups is 1. The standard InChI is InChI=1S/C22H32BrN3O/c1-3-5-13-24-16-22(27)26(14-6-4-2)18-21-8-7-15-25(21)17-19-9-11-20(23)12-10-19/h7-12,15,24H,3-6,13-14,16-18H2,1-2H3. The second-order valence-corrected chi connectivity index (χ2v) is 7.87. The molecule has 0 spiro atoms. The molecule has 0 bridgehead atoms. The highest BCUT2D eigenvalue weighted by atomic mass is 79.9. The molecule has 0 saturated carbocycles. The average molecular weight is 434 g/mol. The van der Waals surface area contributed by atoms with E-state index in [1.165, 1.54) is 11.3 Å². The van der Waals surface area contributed by atoms with Crippen LogP contribution in [0.2, 0.25) is 0 Å². The van der Waals surface area contributed by atoms with Crippen LogP contribution in [0.15, 0.2) is 47.1 Å². The second kappa shape index (κ2) is 12.0. The zero-order valence-electron chi connectivity index (χ0n) is 16.6. The summed E-state index contributed by atoms with van der Waals surface area (Å²) in [5, 5.41) is 3.28. The highest BCUT2D eigenvalue weighted by Gasteiger charge is 2.15. The zero-order chi connectivity index (χ0) is 19.5. The van der Waals surface area contributed by atoms with Crippen LogP contribution in [0.3, 0.4) is 0 Å². The fraction of sp³-hybridized carbons (Fsp3) is 0.500. The van der Waals surface area contributed by atoms with Gasteiger partial charge in [-0.3, -0.25) is 4.79 Å². The van der Waals surface area contributed by atoms with Crippen LogP contribution in [-0.4, -0.2) is 35.0 Å². The van der Waals surface area contributed by atoms with Gasteiger partial charge in [0.2, 0.25) is 5.91 Å². The Labute approximate surface area is 172 Å². The highest BCUT2D eigenvalue weighted by Crippen LogP contribution is 2.14. The minimum atomic E-state index is 0.191.